The zero-order valence-corrected chi connectivity index (χ0v) is 10.7. The van der Waals surface area contributed by atoms with Gasteiger partial charge in [0.2, 0.25) is 0 Å². The Morgan fingerprint density at radius 2 is 2.20 bits per heavy atom. The van der Waals surface area contributed by atoms with Crippen molar-refractivity contribution in [3.8, 4) is 0 Å². The second-order valence-electron chi connectivity index (χ2n) is 3.12. The zero-order valence-electron chi connectivity index (χ0n) is 8.28. The molecule has 0 aliphatic heterocycles. The summed E-state index contributed by atoms with van der Waals surface area (Å²) in [6.45, 7) is 1.59. The molecule has 0 saturated heterocycles. The maximum atomic E-state index is 11.8. The third kappa shape index (κ3) is 2.79. The molecule has 0 radical (unpaired) electrons. The van der Waals surface area contributed by atoms with Gasteiger partial charge >= 0.3 is 5.97 Å². The van der Waals surface area contributed by atoms with Gasteiger partial charge in [-0.15, -0.1) is 11.3 Å². The lowest BCUT2D eigenvalue weighted by Crippen LogP contribution is -2.31. The lowest BCUT2D eigenvalue weighted by Gasteiger charge is -2.13. The van der Waals surface area contributed by atoms with E-state index in [-0.39, 0.29) is 12.5 Å². The number of carboxylic acid groups (broad SMARTS) is 1. The third-order valence-corrected chi connectivity index (χ3v) is 4.18. The predicted octanol–water partition coefficient (Wildman–Crippen LogP) is 1.98. The molecule has 0 aromatic carbocycles. The van der Waals surface area contributed by atoms with Crippen LogP contribution >= 0.6 is 27.3 Å². The van der Waals surface area contributed by atoms with Crippen molar-refractivity contribution < 1.29 is 14.7 Å². The number of likely N-dealkylation sites (N-methyl/N-ethyl adjacent to an activating group) is 1. The van der Waals surface area contributed by atoms with Gasteiger partial charge in [-0.05, 0) is 33.8 Å². The number of carbonyl (C=O) groups excluding carboxylic acids is 1. The van der Waals surface area contributed by atoms with E-state index < -0.39 is 5.97 Å². The lowest BCUT2D eigenvalue weighted by atomic mass is 10.3. The molecule has 15 heavy (non-hydrogen) atoms. The molecular weight excluding hydrogens is 282 g/mol. The monoisotopic (exact) mass is 291 g/mol. The summed E-state index contributed by atoms with van der Waals surface area (Å²) >= 11 is 4.61. The van der Waals surface area contributed by atoms with Crippen molar-refractivity contribution >= 4 is 39.1 Å². The van der Waals surface area contributed by atoms with Crippen LogP contribution in [0.5, 0.6) is 0 Å². The Morgan fingerprint density at radius 1 is 1.60 bits per heavy atom. The SMILES string of the molecule is Cc1csc(C(=O)N(C)CC(=O)O)c1Br. The van der Waals surface area contributed by atoms with Gasteiger partial charge in [-0.1, -0.05) is 0 Å². The maximum absolute atomic E-state index is 11.8. The van der Waals surface area contributed by atoms with Crippen molar-refractivity contribution in [1.29, 1.82) is 0 Å². The molecule has 4 nitrogen and oxygen atoms in total. The first kappa shape index (κ1) is 12.2. The van der Waals surface area contributed by atoms with Crippen molar-refractivity contribution in [3.63, 3.8) is 0 Å². The number of hydrogen-bond acceptors (Lipinski definition) is 3. The van der Waals surface area contributed by atoms with Crippen molar-refractivity contribution in [1.82, 2.24) is 4.90 Å². The minimum absolute atomic E-state index is 0.276. The molecule has 1 rings (SSSR count). The fourth-order valence-electron chi connectivity index (χ4n) is 1.02. The molecule has 1 heterocycles. The van der Waals surface area contributed by atoms with Gasteiger partial charge < -0.3 is 10.0 Å². The Morgan fingerprint density at radius 3 is 2.60 bits per heavy atom. The second-order valence-corrected chi connectivity index (χ2v) is 4.79. The first-order chi connectivity index (χ1) is 6.93. The lowest BCUT2D eigenvalue weighted by molar-refractivity contribution is -0.137. The van der Waals surface area contributed by atoms with Crippen LogP contribution in [0.3, 0.4) is 0 Å². The Labute approximate surface area is 99.6 Å². The number of carbonyl (C=O) groups is 2. The van der Waals surface area contributed by atoms with Crippen molar-refractivity contribution in [2.24, 2.45) is 0 Å². The Kier molecular flexibility index (Phi) is 3.87. The number of rotatable bonds is 3. The summed E-state index contributed by atoms with van der Waals surface area (Å²) in [4.78, 5) is 23.9. The van der Waals surface area contributed by atoms with E-state index in [9.17, 15) is 9.59 Å². The molecule has 1 amide bonds. The Balaban J connectivity index is 2.85. The molecule has 6 heteroatoms. The van der Waals surface area contributed by atoms with Gasteiger partial charge in [-0.3, -0.25) is 9.59 Å². The van der Waals surface area contributed by atoms with Gasteiger partial charge in [0.05, 0.1) is 0 Å². The van der Waals surface area contributed by atoms with Crippen LogP contribution in [0.25, 0.3) is 0 Å². The number of thiophene rings is 1. The van der Waals surface area contributed by atoms with Crippen LogP contribution in [-0.2, 0) is 4.79 Å². The van der Waals surface area contributed by atoms with E-state index in [0.29, 0.717) is 4.88 Å². The van der Waals surface area contributed by atoms with E-state index in [4.69, 9.17) is 5.11 Å². The normalized spacial score (nSPS) is 10.1. The van der Waals surface area contributed by atoms with E-state index in [0.717, 1.165) is 10.0 Å². The average Bonchev–Trinajstić information content (AvgIpc) is 2.45. The van der Waals surface area contributed by atoms with E-state index in [2.05, 4.69) is 15.9 Å². The van der Waals surface area contributed by atoms with Gasteiger partial charge in [-0.2, -0.15) is 0 Å². The third-order valence-electron chi connectivity index (χ3n) is 1.81. The minimum atomic E-state index is -1.02. The van der Waals surface area contributed by atoms with Crippen LogP contribution in [0.2, 0.25) is 0 Å². The number of hydrogen-bond donors (Lipinski definition) is 1. The van der Waals surface area contributed by atoms with Crippen LogP contribution < -0.4 is 0 Å². The summed E-state index contributed by atoms with van der Waals surface area (Å²) in [5.74, 6) is -1.29. The van der Waals surface area contributed by atoms with Crippen LogP contribution in [-0.4, -0.2) is 35.5 Å². The molecule has 82 valence electrons. The van der Waals surface area contributed by atoms with Gasteiger partial charge in [-0.25, -0.2) is 0 Å². The summed E-state index contributed by atoms with van der Waals surface area (Å²) in [6.07, 6.45) is 0. The summed E-state index contributed by atoms with van der Waals surface area (Å²) in [5, 5.41) is 10.4. The minimum Gasteiger partial charge on any atom is -0.480 e. The van der Waals surface area contributed by atoms with Gasteiger partial charge in [0.1, 0.15) is 11.4 Å². The van der Waals surface area contributed by atoms with E-state index in [1.807, 2.05) is 12.3 Å². The molecule has 0 spiro atoms. The summed E-state index contributed by atoms with van der Waals surface area (Å²) in [6, 6.07) is 0. The highest BCUT2D eigenvalue weighted by Crippen LogP contribution is 2.28. The summed E-state index contributed by atoms with van der Waals surface area (Å²) < 4.78 is 0.745. The molecule has 0 saturated carbocycles. The molecule has 0 bridgehead atoms. The fourth-order valence-corrected chi connectivity index (χ4v) is 2.67. The molecule has 0 atom stereocenters. The van der Waals surface area contributed by atoms with Crippen LogP contribution in [0.1, 0.15) is 15.2 Å². The largest absolute Gasteiger partial charge is 0.480 e. The standard InChI is InChI=1S/C9H10BrNO3S/c1-5-4-15-8(7(5)10)9(14)11(2)3-6(12)13/h4H,3H2,1-2H3,(H,12,13). The topological polar surface area (TPSA) is 57.6 Å². The quantitative estimate of drug-likeness (QED) is 0.926. The van der Waals surface area contributed by atoms with E-state index in [1.165, 1.54) is 23.3 Å². The molecule has 0 aliphatic carbocycles. The Hall–Kier alpha value is -0.880. The molecule has 0 fully saturated rings. The number of aliphatic carboxylic acids is 1. The van der Waals surface area contributed by atoms with Gasteiger partial charge in [0.25, 0.3) is 5.91 Å². The first-order valence-electron chi connectivity index (χ1n) is 4.14. The number of halogens is 1. The predicted molar refractivity (Wildman–Crippen MR) is 61.4 cm³/mol. The first-order valence-corrected chi connectivity index (χ1v) is 5.81. The van der Waals surface area contributed by atoms with Gasteiger partial charge in [0, 0.05) is 11.5 Å². The van der Waals surface area contributed by atoms with Crippen molar-refractivity contribution in [3.05, 3.63) is 20.3 Å². The average molecular weight is 292 g/mol. The highest BCUT2D eigenvalue weighted by Gasteiger charge is 2.19. The molecule has 1 N–H and O–H groups in total. The van der Waals surface area contributed by atoms with Crippen LogP contribution in [0, 0.1) is 6.92 Å². The molecular formula is C9H10BrNO3S. The molecule has 1 aromatic heterocycles. The smallest absolute Gasteiger partial charge is 0.323 e. The van der Waals surface area contributed by atoms with E-state index >= 15 is 0 Å². The number of amides is 1. The second kappa shape index (κ2) is 4.76. The number of carboxylic acids is 1. The molecule has 0 aliphatic rings. The summed E-state index contributed by atoms with van der Waals surface area (Å²) in [5.41, 5.74) is 0.979. The zero-order chi connectivity index (χ0) is 11.6. The maximum Gasteiger partial charge on any atom is 0.323 e. The van der Waals surface area contributed by atoms with Crippen LogP contribution in [0.15, 0.2) is 9.85 Å². The number of nitrogens with zero attached hydrogens (tertiary/aromatic N) is 1. The van der Waals surface area contributed by atoms with Crippen LogP contribution in [0.4, 0.5) is 0 Å². The highest BCUT2D eigenvalue weighted by molar-refractivity contribution is 9.10. The number of aryl methyl sites for hydroxylation is 1. The fraction of sp³-hybridized carbons (Fsp3) is 0.333. The molecule has 1 aromatic rings. The summed E-state index contributed by atoms with van der Waals surface area (Å²) in [7, 11) is 1.47. The Bertz CT molecular complexity index is 402. The highest BCUT2D eigenvalue weighted by atomic mass is 79.9. The van der Waals surface area contributed by atoms with E-state index in [1.54, 1.807) is 0 Å². The van der Waals surface area contributed by atoms with Crippen molar-refractivity contribution in [2.45, 2.75) is 6.92 Å². The van der Waals surface area contributed by atoms with Gasteiger partial charge in [0.15, 0.2) is 0 Å². The molecule has 0 unspecified atom stereocenters. The van der Waals surface area contributed by atoms with Crippen molar-refractivity contribution in [2.75, 3.05) is 13.6 Å².